The first-order valence-electron chi connectivity index (χ1n) is 3.25. The summed E-state index contributed by atoms with van der Waals surface area (Å²) in [4.78, 5) is 0. The van der Waals surface area contributed by atoms with Crippen molar-refractivity contribution in [3.63, 3.8) is 0 Å². The van der Waals surface area contributed by atoms with E-state index in [-0.39, 0.29) is 31.0 Å². The number of rotatable bonds is 3. The molecule has 0 heterocycles. The minimum absolute atomic E-state index is 0. The molecule has 0 radical (unpaired) electrons. The Hall–Kier alpha value is 0.460. The SMILES string of the molecule is C[N+](C)(C)C(N)CCN.Cl.Cl. The molecule has 0 aromatic carbocycles. The van der Waals surface area contributed by atoms with E-state index in [9.17, 15) is 0 Å². The molecule has 0 spiro atoms. The molecule has 3 nitrogen and oxygen atoms in total. The normalized spacial score (nSPS) is 12.8. The third-order valence-electron chi connectivity index (χ3n) is 1.46. The van der Waals surface area contributed by atoms with E-state index in [4.69, 9.17) is 11.5 Å². The third-order valence-corrected chi connectivity index (χ3v) is 1.46. The molecule has 0 aliphatic rings. The van der Waals surface area contributed by atoms with Gasteiger partial charge in [0.25, 0.3) is 0 Å². The van der Waals surface area contributed by atoms with E-state index in [0.717, 1.165) is 10.9 Å². The smallest absolute Gasteiger partial charge is 0.140 e. The maximum Gasteiger partial charge on any atom is 0.140 e. The van der Waals surface area contributed by atoms with Crippen molar-refractivity contribution in [2.75, 3.05) is 27.7 Å². The zero-order valence-corrected chi connectivity index (χ0v) is 9.04. The quantitative estimate of drug-likeness (QED) is 0.509. The van der Waals surface area contributed by atoms with Crippen molar-refractivity contribution in [1.82, 2.24) is 0 Å². The number of halogens is 2. The molecule has 0 saturated heterocycles. The molecule has 0 aromatic rings. The molecule has 0 aliphatic heterocycles. The molecular formula is C6H20Cl2N3+. The Bertz CT molecular complexity index is 82.4. The summed E-state index contributed by atoms with van der Waals surface area (Å²) in [5.74, 6) is 0. The van der Waals surface area contributed by atoms with Crippen molar-refractivity contribution in [2.45, 2.75) is 12.6 Å². The highest BCUT2D eigenvalue weighted by atomic mass is 35.5. The fraction of sp³-hybridized carbons (Fsp3) is 1.00. The topological polar surface area (TPSA) is 52.0 Å². The largest absolute Gasteiger partial charge is 0.330 e. The van der Waals surface area contributed by atoms with E-state index in [0.29, 0.717) is 6.54 Å². The molecule has 0 rings (SSSR count). The minimum atomic E-state index is 0. The van der Waals surface area contributed by atoms with Crippen LogP contribution in [0.25, 0.3) is 0 Å². The van der Waals surface area contributed by atoms with E-state index in [1.807, 2.05) is 0 Å². The number of nitrogens with two attached hydrogens (primary N) is 2. The maximum absolute atomic E-state index is 5.75. The van der Waals surface area contributed by atoms with Crippen LogP contribution in [0, 0.1) is 0 Å². The number of quaternary nitrogens is 1. The van der Waals surface area contributed by atoms with Gasteiger partial charge in [0.05, 0.1) is 21.1 Å². The Kier molecular flexibility index (Phi) is 11.4. The molecule has 0 fully saturated rings. The fourth-order valence-electron chi connectivity index (χ4n) is 0.558. The molecule has 11 heavy (non-hydrogen) atoms. The summed E-state index contributed by atoms with van der Waals surface area (Å²) >= 11 is 0. The number of hydrogen-bond donors (Lipinski definition) is 2. The van der Waals surface area contributed by atoms with Crippen LogP contribution in [0.4, 0.5) is 0 Å². The molecular weight excluding hydrogens is 185 g/mol. The summed E-state index contributed by atoms with van der Waals surface area (Å²) in [6.07, 6.45) is 1.07. The average Bonchev–Trinajstić information content (AvgIpc) is 1.64. The van der Waals surface area contributed by atoms with Crippen LogP contribution >= 0.6 is 24.8 Å². The summed E-state index contributed by atoms with van der Waals surface area (Å²) in [5.41, 5.74) is 11.1. The lowest BCUT2D eigenvalue weighted by molar-refractivity contribution is -0.896. The standard InChI is InChI=1S/C6H18N3.2ClH/c1-9(2,3)6(8)4-5-7;;/h6H,4-5,7-8H2,1-3H3;2*1H/q+1;;. The Morgan fingerprint density at radius 1 is 1.18 bits per heavy atom. The molecule has 0 bridgehead atoms. The highest BCUT2D eigenvalue weighted by Gasteiger charge is 2.16. The minimum Gasteiger partial charge on any atom is -0.330 e. The first-order valence-corrected chi connectivity index (χ1v) is 3.25. The highest BCUT2D eigenvalue weighted by molar-refractivity contribution is 5.85. The summed E-state index contributed by atoms with van der Waals surface area (Å²) in [5, 5.41) is 0. The van der Waals surface area contributed by atoms with Gasteiger partial charge in [-0.3, -0.25) is 5.73 Å². The lowest BCUT2D eigenvalue weighted by Gasteiger charge is -2.30. The Morgan fingerprint density at radius 2 is 1.55 bits per heavy atom. The average molecular weight is 205 g/mol. The van der Waals surface area contributed by atoms with Gasteiger partial charge in [-0.1, -0.05) is 0 Å². The van der Waals surface area contributed by atoms with Crippen molar-refractivity contribution in [3.05, 3.63) is 0 Å². The fourth-order valence-corrected chi connectivity index (χ4v) is 0.558. The highest BCUT2D eigenvalue weighted by Crippen LogP contribution is 1.98. The molecule has 1 atom stereocenters. The van der Waals surface area contributed by atoms with Crippen LogP contribution in [0.5, 0.6) is 0 Å². The van der Waals surface area contributed by atoms with E-state index < -0.39 is 0 Å². The molecule has 72 valence electrons. The first-order chi connectivity index (χ1) is 3.98. The second-order valence-electron chi connectivity index (χ2n) is 3.26. The summed E-state index contributed by atoms with van der Waals surface area (Å²) < 4.78 is 0.789. The van der Waals surface area contributed by atoms with Gasteiger partial charge in [-0.25, -0.2) is 0 Å². The van der Waals surface area contributed by atoms with E-state index in [1.54, 1.807) is 0 Å². The lowest BCUT2D eigenvalue weighted by Crippen LogP contribution is -2.51. The van der Waals surface area contributed by atoms with Gasteiger partial charge in [0.2, 0.25) is 0 Å². The molecule has 0 saturated carbocycles. The van der Waals surface area contributed by atoms with Gasteiger partial charge >= 0.3 is 0 Å². The van der Waals surface area contributed by atoms with Gasteiger partial charge in [-0.15, -0.1) is 24.8 Å². The van der Waals surface area contributed by atoms with Crippen LogP contribution in [0.15, 0.2) is 0 Å². The lowest BCUT2D eigenvalue weighted by atomic mass is 10.3. The zero-order chi connectivity index (χ0) is 7.49. The van der Waals surface area contributed by atoms with Crippen molar-refractivity contribution in [2.24, 2.45) is 11.5 Å². The predicted molar refractivity (Wildman–Crippen MR) is 54.2 cm³/mol. The Balaban J connectivity index is -0.000000320. The molecule has 4 N–H and O–H groups in total. The van der Waals surface area contributed by atoms with Gasteiger partial charge in [-0.05, 0) is 6.54 Å². The second kappa shape index (κ2) is 7.13. The first kappa shape index (κ1) is 17.5. The number of hydrogen-bond acceptors (Lipinski definition) is 2. The van der Waals surface area contributed by atoms with E-state index >= 15 is 0 Å². The van der Waals surface area contributed by atoms with Crippen molar-refractivity contribution in [3.8, 4) is 0 Å². The van der Waals surface area contributed by atoms with Crippen molar-refractivity contribution >= 4 is 24.8 Å². The number of nitrogens with zero attached hydrogens (tertiary/aromatic N) is 1. The van der Waals surface area contributed by atoms with Crippen LogP contribution in [0.2, 0.25) is 0 Å². The summed E-state index contributed by atoms with van der Waals surface area (Å²) in [6.45, 7) is 0.677. The van der Waals surface area contributed by atoms with Crippen LogP contribution in [-0.4, -0.2) is 38.3 Å². The van der Waals surface area contributed by atoms with E-state index in [1.165, 1.54) is 0 Å². The van der Waals surface area contributed by atoms with Gasteiger partial charge in [-0.2, -0.15) is 0 Å². The van der Waals surface area contributed by atoms with Crippen molar-refractivity contribution in [1.29, 1.82) is 0 Å². The Labute approximate surface area is 81.5 Å². The van der Waals surface area contributed by atoms with E-state index in [2.05, 4.69) is 21.1 Å². The van der Waals surface area contributed by atoms with Crippen LogP contribution in [0.1, 0.15) is 6.42 Å². The summed E-state index contributed by atoms with van der Waals surface area (Å²) in [7, 11) is 6.21. The molecule has 5 heteroatoms. The molecule has 1 unspecified atom stereocenters. The summed E-state index contributed by atoms with van der Waals surface area (Å²) in [6, 6.07) is 0. The van der Waals surface area contributed by atoms with Crippen LogP contribution in [-0.2, 0) is 0 Å². The van der Waals surface area contributed by atoms with Gasteiger partial charge in [0.15, 0.2) is 0 Å². The molecule has 0 aliphatic carbocycles. The monoisotopic (exact) mass is 204 g/mol. The van der Waals surface area contributed by atoms with Gasteiger partial charge in [0, 0.05) is 6.42 Å². The zero-order valence-electron chi connectivity index (χ0n) is 7.41. The maximum atomic E-state index is 5.75. The molecule has 0 amide bonds. The van der Waals surface area contributed by atoms with Gasteiger partial charge in [0.1, 0.15) is 6.17 Å². The van der Waals surface area contributed by atoms with Crippen LogP contribution < -0.4 is 11.5 Å². The second-order valence-corrected chi connectivity index (χ2v) is 3.26. The molecule has 0 aromatic heterocycles. The van der Waals surface area contributed by atoms with Gasteiger partial charge < -0.3 is 10.2 Å². The van der Waals surface area contributed by atoms with Crippen LogP contribution in [0.3, 0.4) is 0 Å². The Morgan fingerprint density at radius 3 is 1.64 bits per heavy atom. The predicted octanol–water partition coefficient (Wildman–Crippen LogP) is 0.170. The third kappa shape index (κ3) is 8.37. The van der Waals surface area contributed by atoms with Crippen molar-refractivity contribution < 1.29 is 4.48 Å².